The molecule has 0 unspecified atom stereocenters. The third kappa shape index (κ3) is 1.97. The van der Waals surface area contributed by atoms with Gasteiger partial charge in [-0.15, -0.1) is 0 Å². The van der Waals surface area contributed by atoms with Crippen LogP contribution in [0.25, 0.3) is 0 Å². The zero-order valence-corrected chi connectivity index (χ0v) is 9.85. The summed E-state index contributed by atoms with van der Waals surface area (Å²) in [4.78, 5) is 8.43. The zero-order chi connectivity index (χ0) is 10.2. The molecular weight excluding hydrogens is 244 g/mol. The highest BCUT2D eigenvalue weighted by molar-refractivity contribution is 9.10. The van der Waals surface area contributed by atoms with Gasteiger partial charge in [-0.1, -0.05) is 0 Å². The second kappa shape index (κ2) is 3.38. The molecule has 1 heterocycles. The highest BCUT2D eigenvalue weighted by Crippen LogP contribution is 2.39. The van der Waals surface area contributed by atoms with Crippen molar-refractivity contribution in [1.82, 2.24) is 9.97 Å². The van der Waals surface area contributed by atoms with Gasteiger partial charge in [0.15, 0.2) is 0 Å². The molecule has 0 atom stereocenters. The average molecular weight is 257 g/mol. The van der Waals surface area contributed by atoms with E-state index in [4.69, 9.17) is 0 Å². The number of hydrogen-bond acceptors (Lipinski definition) is 4. The van der Waals surface area contributed by atoms with Gasteiger partial charge in [0.2, 0.25) is 5.95 Å². The van der Waals surface area contributed by atoms with Gasteiger partial charge in [-0.25, -0.2) is 4.98 Å². The largest absolute Gasteiger partial charge is 0.364 e. The smallest absolute Gasteiger partial charge is 0.224 e. The van der Waals surface area contributed by atoms with Gasteiger partial charge in [0.25, 0.3) is 0 Å². The van der Waals surface area contributed by atoms with E-state index in [1.54, 1.807) is 6.20 Å². The van der Waals surface area contributed by atoms with Crippen LogP contribution in [0.2, 0.25) is 0 Å². The van der Waals surface area contributed by atoms with Crippen LogP contribution in [0, 0.1) is 0 Å². The van der Waals surface area contributed by atoms with Crippen LogP contribution in [-0.4, -0.2) is 22.6 Å². The van der Waals surface area contributed by atoms with Crippen LogP contribution >= 0.6 is 15.9 Å². The van der Waals surface area contributed by atoms with Crippen molar-refractivity contribution < 1.29 is 0 Å². The number of nitrogens with zero attached hydrogens (tertiary/aromatic N) is 2. The van der Waals surface area contributed by atoms with E-state index in [0.717, 1.165) is 10.3 Å². The molecule has 0 bridgehead atoms. The fourth-order valence-corrected chi connectivity index (χ4v) is 1.46. The Morgan fingerprint density at radius 2 is 2.21 bits per heavy atom. The first-order valence-corrected chi connectivity index (χ1v) is 5.41. The van der Waals surface area contributed by atoms with Crippen LogP contribution in [-0.2, 0) is 0 Å². The van der Waals surface area contributed by atoms with E-state index in [1.165, 1.54) is 12.8 Å². The maximum atomic E-state index is 4.34. The lowest BCUT2D eigenvalue weighted by Gasteiger charge is -2.13. The molecule has 2 N–H and O–H groups in total. The van der Waals surface area contributed by atoms with E-state index in [1.807, 2.05) is 7.05 Å². The Morgan fingerprint density at radius 1 is 1.50 bits per heavy atom. The quantitative estimate of drug-likeness (QED) is 0.871. The zero-order valence-electron chi connectivity index (χ0n) is 8.26. The predicted octanol–water partition coefficient (Wildman–Crippen LogP) is 2.25. The van der Waals surface area contributed by atoms with Crippen LogP contribution in [0.15, 0.2) is 10.7 Å². The Morgan fingerprint density at radius 3 is 2.79 bits per heavy atom. The summed E-state index contributed by atoms with van der Waals surface area (Å²) in [5.41, 5.74) is 0.238. The fourth-order valence-electron chi connectivity index (χ4n) is 1.17. The normalized spacial score (nSPS) is 17.6. The summed E-state index contributed by atoms with van der Waals surface area (Å²) >= 11 is 3.42. The first kappa shape index (κ1) is 9.71. The predicted molar refractivity (Wildman–Crippen MR) is 60.5 cm³/mol. The summed E-state index contributed by atoms with van der Waals surface area (Å²) in [6.45, 7) is 2.20. The van der Waals surface area contributed by atoms with Gasteiger partial charge in [0.1, 0.15) is 5.82 Å². The molecule has 76 valence electrons. The molecule has 14 heavy (non-hydrogen) atoms. The van der Waals surface area contributed by atoms with Gasteiger partial charge in [0, 0.05) is 18.8 Å². The van der Waals surface area contributed by atoms with Crippen molar-refractivity contribution in [2.24, 2.45) is 0 Å². The maximum Gasteiger partial charge on any atom is 0.224 e. The molecule has 0 saturated heterocycles. The van der Waals surface area contributed by atoms with Crippen LogP contribution in [0.5, 0.6) is 0 Å². The van der Waals surface area contributed by atoms with E-state index < -0.39 is 0 Å². The van der Waals surface area contributed by atoms with Crippen molar-refractivity contribution in [3.63, 3.8) is 0 Å². The molecule has 1 fully saturated rings. The molecule has 1 saturated carbocycles. The van der Waals surface area contributed by atoms with Crippen molar-refractivity contribution in [2.75, 3.05) is 17.7 Å². The van der Waals surface area contributed by atoms with E-state index in [-0.39, 0.29) is 5.54 Å². The van der Waals surface area contributed by atoms with E-state index in [2.05, 4.69) is 43.5 Å². The monoisotopic (exact) mass is 256 g/mol. The van der Waals surface area contributed by atoms with Crippen LogP contribution in [0.4, 0.5) is 11.8 Å². The SMILES string of the molecule is CNc1ncc(Br)c(NC2(C)CC2)n1. The second-order valence-electron chi connectivity index (χ2n) is 3.83. The van der Waals surface area contributed by atoms with Crippen molar-refractivity contribution in [3.8, 4) is 0 Å². The average Bonchev–Trinajstić information content (AvgIpc) is 2.88. The first-order valence-electron chi connectivity index (χ1n) is 4.61. The van der Waals surface area contributed by atoms with E-state index in [0.29, 0.717) is 5.95 Å². The Kier molecular flexibility index (Phi) is 2.34. The highest BCUT2D eigenvalue weighted by Gasteiger charge is 2.37. The molecule has 5 heteroatoms. The lowest BCUT2D eigenvalue weighted by molar-refractivity contribution is 0.818. The lowest BCUT2D eigenvalue weighted by atomic mass is 10.3. The van der Waals surface area contributed by atoms with Gasteiger partial charge in [-0.3, -0.25) is 0 Å². The third-order valence-corrected chi connectivity index (χ3v) is 2.97. The van der Waals surface area contributed by atoms with Gasteiger partial charge in [-0.2, -0.15) is 4.98 Å². The molecule has 1 aliphatic carbocycles. The molecular formula is C9H13BrN4. The highest BCUT2D eigenvalue weighted by atomic mass is 79.9. The van der Waals surface area contributed by atoms with Crippen molar-refractivity contribution in [2.45, 2.75) is 25.3 Å². The Hall–Kier alpha value is -0.840. The van der Waals surface area contributed by atoms with Crippen molar-refractivity contribution in [3.05, 3.63) is 10.7 Å². The van der Waals surface area contributed by atoms with E-state index >= 15 is 0 Å². The number of halogens is 1. The van der Waals surface area contributed by atoms with Crippen LogP contribution in [0.1, 0.15) is 19.8 Å². The summed E-state index contributed by atoms with van der Waals surface area (Å²) < 4.78 is 0.907. The summed E-state index contributed by atoms with van der Waals surface area (Å²) in [6.07, 6.45) is 4.17. The van der Waals surface area contributed by atoms with Crippen LogP contribution in [0.3, 0.4) is 0 Å². The molecule has 0 aromatic carbocycles. The number of rotatable bonds is 3. The standard InChI is InChI=1S/C9H13BrN4/c1-9(3-4-9)14-7-6(10)5-12-8(11-2)13-7/h5H,3-4H2,1-2H3,(H2,11,12,13,14). The Labute approximate surface area is 91.7 Å². The van der Waals surface area contributed by atoms with Gasteiger partial charge < -0.3 is 10.6 Å². The topological polar surface area (TPSA) is 49.8 Å². The fraction of sp³-hybridized carbons (Fsp3) is 0.556. The lowest BCUT2D eigenvalue weighted by Crippen LogP contribution is -2.17. The Balaban J connectivity index is 2.22. The first-order chi connectivity index (χ1) is 6.63. The minimum absolute atomic E-state index is 0.238. The summed E-state index contributed by atoms with van der Waals surface area (Å²) in [5, 5.41) is 6.31. The molecule has 0 radical (unpaired) electrons. The maximum absolute atomic E-state index is 4.34. The number of aromatic nitrogens is 2. The van der Waals surface area contributed by atoms with Gasteiger partial charge in [-0.05, 0) is 35.7 Å². The summed E-state index contributed by atoms with van der Waals surface area (Å²) in [6, 6.07) is 0. The minimum atomic E-state index is 0.238. The summed E-state index contributed by atoms with van der Waals surface area (Å²) in [7, 11) is 1.81. The molecule has 1 aliphatic rings. The Bertz CT molecular complexity index is 349. The number of nitrogens with one attached hydrogen (secondary N) is 2. The molecule has 0 aliphatic heterocycles. The molecule has 0 amide bonds. The molecule has 1 aromatic rings. The summed E-state index contributed by atoms with van der Waals surface area (Å²) in [5.74, 6) is 1.50. The van der Waals surface area contributed by atoms with Gasteiger partial charge in [0.05, 0.1) is 4.47 Å². The molecule has 1 aromatic heterocycles. The second-order valence-corrected chi connectivity index (χ2v) is 4.68. The molecule has 4 nitrogen and oxygen atoms in total. The van der Waals surface area contributed by atoms with Crippen LogP contribution < -0.4 is 10.6 Å². The van der Waals surface area contributed by atoms with Gasteiger partial charge >= 0.3 is 0 Å². The van der Waals surface area contributed by atoms with Crippen molar-refractivity contribution >= 4 is 27.7 Å². The molecule has 2 rings (SSSR count). The van der Waals surface area contributed by atoms with E-state index in [9.17, 15) is 0 Å². The number of hydrogen-bond donors (Lipinski definition) is 2. The minimum Gasteiger partial charge on any atom is -0.364 e. The van der Waals surface area contributed by atoms with Crippen molar-refractivity contribution in [1.29, 1.82) is 0 Å². The third-order valence-electron chi connectivity index (χ3n) is 2.39. The molecule has 0 spiro atoms. The number of anilines is 2.